The zero-order valence-electron chi connectivity index (χ0n) is 10.9. The molecule has 1 aromatic heterocycles. The summed E-state index contributed by atoms with van der Waals surface area (Å²) in [5.41, 5.74) is 1.69. The molecule has 0 unspecified atom stereocenters. The van der Waals surface area contributed by atoms with E-state index in [4.69, 9.17) is 0 Å². The van der Waals surface area contributed by atoms with E-state index in [9.17, 15) is 9.59 Å². The van der Waals surface area contributed by atoms with Gasteiger partial charge in [-0.05, 0) is 24.6 Å². The van der Waals surface area contributed by atoms with Crippen molar-refractivity contribution in [3.63, 3.8) is 0 Å². The number of anilines is 1. The Morgan fingerprint density at radius 3 is 2.80 bits per heavy atom. The lowest BCUT2D eigenvalue weighted by atomic mass is 10.1. The van der Waals surface area contributed by atoms with Crippen molar-refractivity contribution in [2.75, 3.05) is 5.32 Å². The van der Waals surface area contributed by atoms with Crippen LogP contribution in [0.4, 0.5) is 5.69 Å². The maximum absolute atomic E-state index is 11.6. The largest absolute Gasteiger partial charge is 0.380 e. The van der Waals surface area contributed by atoms with Crippen molar-refractivity contribution < 1.29 is 9.59 Å². The molecular weight excluding hydrogens is 274 g/mol. The Balaban J connectivity index is 1.74. The van der Waals surface area contributed by atoms with Crippen molar-refractivity contribution in [2.45, 2.75) is 19.9 Å². The molecule has 5 nitrogen and oxygen atoms in total. The number of nitrogens with zero attached hydrogens (tertiary/aromatic N) is 1. The maximum atomic E-state index is 11.6. The number of nitrogens with one attached hydrogen (secondary N) is 2. The molecule has 1 aliphatic heterocycles. The van der Waals surface area contributed by atoms with Gasteiger partial charge in [0.25, 0.3) is 11.8 Å². The van der Waals surface area contributed by atoms with E-state index in [2.05, 4.69) is 22.5 Å². The minimum atomic E-state index is -0.334. The summed E-state index contributed by atoms with van der Waals surface area (Å²) in [5.74, 6) is -0.661. The van der Waals surface area contributed by atoms with Crippen molar-refractivity contribution >= 4 is 28.8 Å². The first-order valence-electron chi connectivity index (χ1n) is 6.34. The first-order chi connectivity index (χ1) is 9.67. The number of amides is 2. The quantitative estimate of drug-likeness (QED) is 0.846. The summed E-state index contributed by atoms with van der Waals surface area (Å²) in [5, 5.41) is 6.63. The van der Waals surface area contributed by atoms with Crippen LogP contribution < -0.4 is 10.6 Å². The number of hydrogen-bond acceptors (Lipinski definition) is 5. The number of carbonyl (C=O) groups excluding carboxylic acids is 2. The third-order valence-corrected chi connectivity index (χ3v) is 4.25. The topological polar surface area (TPSA) is 71.1 Å². The molecule has 0 fully saturated rings. The number of aromatic nitrogens is 1. The Morgan fingerprint density at radius 2 is 2.05 bits per heavy atom. The van der Waals surface area contributed by atoms with E-state index < -0.39 is 0 Å². The second-order valence-corrected chi connectivity index (χ2v) is 5.67. The first kappa shape index (κ1) is 12.8. The fourth-order valence-corrected chi connectivity index (χ4v) is 2.86. The Morgan fingerprint density at radius 1 is 1.25 bits per heavy atom. The molecule has 0 radical (unpaired) electrons. The molecular formula is C14H13N3O2S. The van der Waals surface area contributed by atoms with Gasteiger partial charge in [0.15, 0.2) is 0 Å². The lowest BCUT2D eigenvalue weighted by molar-refractivity contribution is 0.0879. The van der Waals surface area contributed by atoms with Gasteiger partial charge in [-0.2, -0.15) is 0 Å². The highest BCUT2D eigenvalue weighted by Gasteiger charge is 2.26. The normalized spacial score (nSPS) is 13.2. The Kier molecular flexibility index (Phi) is 3.23. The summed E-state index contributed by atoms with van der Waals surface area (Å²) >= 11 is 1.67. The van der Waals surface area contributed by atoms with Crippen molar-refractivity contribution in [2.24, 2.45) is 0 Å². The van der Waals surface area contributed by atoms with Crippen molar-refractivity contribution in [3.05, 3.63) is 45.4 Å². The monoisotopic (exact) mass is 287 g/mol. The van der Waals surface area contributed by atoms with Crippen LogP contribution in [0.1, 0.15) is 37.5 Å². The zero-order chi connectivity index (χ0) is 14.1. The molecule has 0 bridgehead atoms. The molecule has 1 aromatic carbocycles. The van der Waals surface area contributed by atoms with Gasteiger partial charge in [-0.15, -0.1) is 11.3 Å². The van der Waals surface area contributed by atoms with Crippen LogP contribution in [0, 0.1) is 0 Å². The molecule has 0 spiro atoms. The SMILES string of the molecule is CCc1ncc(CNc2ccc3c(c2)C(=O)NC3=O)s1. The molecule has 102 valence electrons. The fourth-order valence-electron chi connectivity index (χ4n) is 2.06. The van der Waals surface area contributed by atoms with Crippen LogP contribution in [0.2, 0.25) is 0 Å². The smallest absolute Gasteiger partial charge is 0.259 e. The molecule has 2 amide bonds. The molecule has 0 atom stereocenters. The molecule has 20 heavy (non-hydrogen) atoms. The molecule has 2 aromatic rings. The summed E-state index contributed by atoms with van der Waals surface area (Å²) in [7, 11) is 0. The summed E-state index contributed by atoms with van der Waals surface area (Å²) in [6.07, 6.45) is 2.80. The summed E-state index contributed by atoms with van der Waals surface area (Å²) in [6.45, 7) is 2.73. The van der Waals surface area contributed by atoms with Crippen LogP contribution in [0.5, 0.6) is 0 Å². The van der Waals surface area contributed by atoms with Gasteiger partial charge in [0.05, 0.1) is 22.7 Å². The van der Waals surface area contributed by atoms with Crippen LogP contribution in [-0.4, -0.2) is 16.8 Å². The Hall–Kier alpha value is -2.21. The second-order valence-electron chi connectivity index (χ2n) is 4.47. The molecule has 0 saturated heterocycles. The van der Waals surface area contributed by atoms with Crippen LogP contribution >= 0.6 is 11.3 Å². The maximum Gasteiger partial charge on any atom is 0.259 e. The summed E-state index contributed by atoms with van der Waals surface area (Å²) in [6, 6.07) is 5.18. The lowest BCUT2D eigenvalue weighted by Crippen LogP contribution is -2.19. The third kappa shape index (κ3) is 2.30. The van der Waals surface area contributed by atoms with Gasteiger partial charge >= 0.3 is 0 Å². The highest BCUT2D eigenvalue weighted by Crippen LogP contribution is 2.21. The highest BCUT2D eigenvalue weighted by atomic mass is 32.1. The molecule has 6 heteroatoms. The predicted octanol–water partition coefficient (Wildman–Crippen LogP) is 2.20. The lowest BCUT2D eigenvalue weighted by Gasteiger charge is -2.05. The fraction of sp³-hybridized carbons (Fsp3) is 0.214. The number of imide groups is 1. The van der Waals surface area contributed by atoms with E-state index in [1.165, 1.54) is 0 Å². The summed E-state index contributed by atoms with van der Waals surface area (Å²) < 4.78 is 0. The van der Waals surface area contributed by atoms with Crippen molar-refractivity contribution in [1.82, 2.24) is 10.3 Å². The number of carbonyl (C=O) groups is 2. The third-order valence-electron chi connectivity index (χ3n) is 3.11. The van der Waals surface area contributed by atoms with Crippen LogP contribution in [0.3, 0.4) is 0 Å². The van der Waals surface area contributed by atoms with E-state index in [-0.39, 0.29) is 11.8 Å². The van der Waals surface area contributed by atoms with Gasteiger partial charge in [-0.3, -0.25) is 14.9 Å². The number of rotatable bonds is 4. The molecule has 3 rings (SSSR count). The van der Waals surface area contributed by atoms with E-state index in [1.807, 2.05) is 6.20 Å². The minimum absolute atomic E-state index is 0.327. The van der Waals surface area contributed by atoms with Crippen LogP contribution in [0.25, 0.3) is 0 Å². The summed E-state index contributed by atoms with van der Waals surface area (Å²) in [4.78, 5) is 28.5. The zero-order valence-corrected chi connectivity index (χ0v) is 11.7. The van der Waals surface area contributed by atoms with E-state index >= 15 is 0 Å². The van der Waals surface area contributed by atoms with Crippen molar-refractivity contribution in [1.29, 1.82) is 0 Å². The predicted molar refractivity (Wildman–Crippen MR) is 77.1 cm³/mol. The molecule has 0 saturated carbocycles. The molecule has 2 heterocycles. The van der Waals surface area contributed by atoms with Gasteiger partial charge in [0, 0.05) is 16.8 Å². The second kappa shape index (κ2) is 5.05. The Bertz CT molecular complexity index is 693. The molecule has 0 aliphatic carbocycles. The Labute approximate surface area is 120 Å². The average Bonchev–Trinajstić information content (AvgIpc) is 3.02. The van der Waals surface area contributed by atoms with Gasteiger partial charge in [-0.25, -0.2) is 4.98 Å². The number of hydrogen-bond donors (Lipinski definition) is 2. The number of thiazole rings is 1. The number of fused-ring (bicyclic) bond motifs is 1. The highest BCUT2D eigenvalue weighted by molar-refractivity contribution is 7.11. The number of aryl methyl sites for hydroxylation is 1. The van der Waals surface area contributed by atoms with Crippen LogP contribution in [-0.2, 0) is 13.0 Å². The molecule has 1 aliphatic rings. The van der Waals surface area contributed by atoms with Crippen molar-refractivity contribution in [3.8, 4) is 0 Å². The average molecular weight is 287 g/mol. The minimum Gasteiger partial charge on any atom is -0.380 e. The number of benzene rings is 1. The van der Waals surface area contributed by atoms with Gasteiger partial charge in [-0.1, -0.05) is 6.92 Å². The van der Waals surface area contributed by atoms with Crippen LogP contribution in [0.15, 0.2) is 24.4 Å². The first-order valence-corrected chi connectivity index (χ1v) is 7.16. The van der Waals surface area contributed by atoms with E-state index in [0.29, 0.717) is 17.7 Å². The van der Waals surface area contributed by atoms with Gasteiger partial charge in [0.1, 0.15) is 0 Å². The van der Waals surface area contributed by atoms with Gasteiger partial charge in [0.2, 0.25) is 0 Å². The standard InChI is InChI=1S/C14H13N3O2S/c1-2-12-16-7-9(20-12)6-15-8-3-4-10-11(5-8)14(19)17-13(10)18/h3-5,7,15H,2,6H2,1H3,(H,17,18,19). The van der Waals surface area contributed by atoms with E-state index in [1.54, 1.807) is 29.5 Å². The van der Waals surface area contributed by atoms with Gasteiger partial charge < -0.3 is 5.32 Å². The molecule has 2 N–H and O–H groups in total. The van der Waals surface area contributed by atoms with E-state index in [0.717, 1.165) is 22.0 Å².